The average molecular weight is 314 g/mol. The molecule has 5 nitrogen and oxygen atoms in total. The van der Waals surface area contributed by atoms with Gasteiger partial charge >= 0.3 is 0 Å². The van der Waals surface area contributed by atoms with Gasteiger partial charge in [-0.3, -0.25) is 0 Å². The summed E-state index contributed by atoms with van der Waals surface area (Å²) in [5, 5.41) is 19.8. The Balaban J connectivity index is 1.99. The van der Waals surface area contributed by atoms with E-state index in [1.54, 1.807) is 24.3 Å². The lowest BCUT2D eigenvalue weighted by atomic mass is 10.1. The van der Waals surface area contributed by atoms with Gasteiger partial charge in [0.1, 0.15) is 5.75 Å². The number of aromatic hydroxyl groups is 1. The predicted octanol–water partition coefficient (Wildman–Crippen LogP) is 2.94. The second-order valence-corrected chi connectivity index (χ2v) is 6.43. The zero-order chi connectivity index (χ0) is 15.7. The summed E-state index contributed by atoms with van der Waals surface area (Å²) in [4.78, 5) is 0.0635. The molecule has 3 aromatic carbocycles. The van der Waals surface area contributed by atoms with E-state index in [1.807, 2.05) is 24.3 Å². The molecule has 3 rings (SSSR count). The molecule has 0 bridgehead atoms. The van der Waals surface area contributed by atoms with Gasteiger partial charge in [-0.2, -0.15) is 0 Å². The number of nitrogens with two attached hydrogens (primary N) is 1. The molecule has 0 unspecified atom stereocenters. The van der Waals surface area contributed by atoms with E-state index in [-0.39, 0.29) is 10.6 Å². The van der Waals surface area contributed by atoms with Crippen LogP contribution in [0.1, 0.15) is 0 Å². The number of rotatable bonds is 3. The molecule has 0 amide bonds. The van der Waals surface area contributed by atoms with Gasteiger partial charge in [0.2, 0.25) is 10.0 Å². The van der Waals surface area contributed by atoms with Crippen LogP contribution in [0.2, 0.25) is 0 Å². The van der Waals surface area contributed by atoms with E-state index in [1.165, 1.54) is 12.1 Å². The molecule has 0 aromatic heterocycles. The normalized spacial score (nSPS) is 11.5. The summed E-state index contributed by atoms with van der Waals surface area (Å²) in [5.41, 5.74) is 1.54. The molecule has 3 aromatic rings. The quantitative estimate of drug-likeness (QED) is 0.693. The third kappa shape index (κ3) is 2.74. The molecule has 22 heavy (non-hydrogen) atoms. The largest absolute Gasteiger partial charge is 0.507 e. The van der Waals surface area contributed by atoms with Crippen molar-refractivity contribution in [1.82, 2.24) is 0 Å². The first-order chi connectivity index (χ1) is 10.4. The topological polar surface area (TPSA) is 92.4 Å². The summed E-state index contributed by atoms with van der Waals surface area (Å²) in [6.07, 6.45) is 0. The van der Waals surface area contributed by atoms with Gasteiger partial charge in [0, 0.05) is 22.1 Å². The Kier molecular flexibility index (Phi) is 3.48. The number of benzene rings is 3. The Bertz CT molecular complexity index is 935. The van der Waals surface area contributed by atoms with Crippen LogP contribution in [0, 0.1) is 0 Å². The van der Waals surface area contributed by atoms with Gasteiger partial charge in [0.15, 0.2) is 0 Å². The van der Waals surface area contributed by atoms with E-state index in [0.717, 1.165) is 22.1 Å². The fourth-order valence-corrected chi connectivity index (χ4v) is 2.80. The molecule has 6 heteroatoms. The number of primary sulfonamides is 1. The molecular formula is C16H14N2O3S. The first-order valence-corrected chi connectivity index (χ1v) is 8.10. The van der Waals surface area contributed by atoms with Crippen molar-refractivity contribution in [2.45, 2.75) is 4.90 Å². The van der Waals surface area contributed by atoms with Crippen LogP contribution in [0.15, 0.2) is 65.6 Å². The number of anilines is 2. The van der Waals surface area contributed by atoms with Crippen molar-refractivity contribution in [1.29, 1.82) is 0 Å². The van der Waals surface area contributed by atoms with Crippen LogP contribution in [0.3, 0.4) is 0 Å². The minimum Gasteiger partial charge on any atom is -0.507 e. The number of nitrogens with one attached hydrogen (secondary N) is 1. The lowest BCUT2D eigenvalue weighted by Gasteiger charge is -2.11. The second-order valence-electron chi connectivity index (χ2n) is 4.87. The zero-order valence-electron chi connectivity index (χ0n) is 11.5. The Morgan fingerprint density at radius 2 is 1.50 bits per heavy atom. The fourth-order valence-electron chi connectivity index (χ4n) is 2.29. The van der Waals surface area contributed by atoms with Gasteiger partial charge < -0.3 is 10.4 Å². The fraction of sp³-hybridized carbons (Fsp3) is 0. The molecule has 0 aliphatic rings. The Morgan fingerprint density at radius 1 is 0.864 bits per heavy atom. The number of hydrogen-bond acceptors (Lipinski definition) is 4. The van der Waals surface area contributed by atoms with Crippen LogP contribution in [0.5, 0.6) is 5.75 Å². The molecule has 0 heterocycles. The van der Waals surface area contributed by atoms with E-state index in [9.17, 15) is 13.5 Å². The molecule has 0 atom stereocenters. The number of phenols is 1. The van der Waals surface area contributed by atoms with Gasteiger partial charge in [-0.25, -0.2) is 13.6 Å². The Labute approximate surface area is 128 Å². The van der Waals surface area contributed by atoms with Crippen molar-refractivity contribution in [3.8, 4) is 5.75 Å². The number of fused-ring (bicyclic) bond motifs is 1. The van der Waals surface area contributed by atoms with E-state index >= 15 is 0 Å². The van der Waals surface area contributed by atoms with Crippen LogP contribution in [0.4, 0.5) is 11.4 Å². The van der Waals surface area contributed by atoms with Crippen molar-refractivity contribution in [3.63, 3.8) is 0 Å². The van der Waals surface area contributed by atoms with Gasteiger partial charge in [-0.05, 0) is 36.4 Å². The first kappa shape index (κ1) is 14.4. The van der Waals surface area contributed by atoms with Crippen LogP contribution in [-0.2, 0) is 10.0 Å². The first-order valence-electron chi connectivity index (χ1n) is 6.56. The summed E-state index contributed by atoms with van der Waals surface area (Å²) in [6.45, 7) is 0. The summed E-state index contributed by atoms with van der Waals surface area (Å²) >= 11 is 0. The second kappa shape index (κ2) is 5.32. The molecule has 0 radical (unpaired) electrons. The number of sulfonamides is 1. The maximum Gasteiger partial charge on any atom is 0.238 e. The maximum atomic E-state index is 11.2. The van der Waals surface area contributed by atoms with E-state index in [0.29, 0.717) is 0 Å². The van der Waals surface area contributed by atoms with Crippen LogP contribution in [0.25, 0.3) is 10.8 Å². The van der Waals surface area contributed by atoms with Crippen LogP contribution >= 0.6 is 0 Å². The van der Waals surface area contributed by atoms with Crippen molar-refractivity contribution < 1.29 is 13.5 Å². The number of hydrogen-bond donors (Lipinski definition) is 3. The minimum absolute atomic E-state index is 0.0635. The molecule has 0 aliphatic heterocycles. The van der Waals surface area contributed by atoms with E-state index < -0.39 is 10.0 Å². The standard InChI is InChI=1S/C16H14N2O3S/c17-22(20,21)12-9-7-11(8-10-12)18-15-5-1-4-14-13(15)3-2-6-16(14)19/h1-10,18-19H,(H2,17,20,21). The highest BCUT2D eigenvalue weighted by Crippen LogP contribution is 2.31. The zero-order valence-corrected chi connectivity index (χ0v) is 12.3. The highest BCUT2D eigenvalue weighted by atomic mass is 32.2. The van der Waals surface area contributed by atoms with Gasteiger partial charge in [-0.1, -0.05) is 24.3 Å². The average Bonchev–Trinajstić information content (AvgIpc) is 2.48. The number of phenolic OH excluding ortho intramolecular Hbond substituents is 1. The molecule has 0 saturated carbocycles. The lowest BCUT2D eigenvalue weighted by molar-refractivity contribution is 0.481. The molecule has 112 valence electrons. The van der Waals surface area contributed by atoms with Gasteiger partial charge in [0.25, 0.3) is 0 Å². The van der Waals surface area contributed by atoms with Gasteiger partial charge in [-0.15, -0.1) is 0 Å². The Morgan fingerprint density at radius 3 is 2.18 bits per heavy atom. The van der Waals surface area contributed by atoms with Crippen molar-refractivity contribution in [2.24, 2.45) is 5.14 Å². The van der Waals surface area contributed by atoms with Crippen LogP contribution < -0.4 is 10.5 Å². The molecule has 4 N–H and O–H groups in total. The van der Waals surface area contributed by atoms with Gasteiger partial charge in [0.05, 0.1) is 4.90 Å². The summed E-state index contributed by atoms with van der Waals surface area (Å²) in [7, 11) is -3.69. The third-order valence-corrected chi connectivity index (χ3v) is 4.29. The minimum atomic E-state index is -3.69. The lowest BCUT2D eigenvalue weighted by Crippen LogP contribution is -2.11. The highest BCUT2D eigenvalue weighted by Gasteiger charge is 2.08. The summed E-state index contributed by atoms with van der Waals surface area (Å²) in [5.74, 6) is 0.214. The third-order valence-electron chi connectivity index (χ3n) is 3.36. The SMILES string of the molecule is NS(=O)(=O)c1ccc(Nc2cccc3c(O)cccc23)cc1. The monoisotopic (exact) mass is 314 g/mol. The van der Waals surface area contributed by atoms with E-state index in [2.05, 4.69) is 5.32 Å². The van der Waals surface area contributed by atoms with Crippen molar-refractivity contribution in [3.05, 3.63) is 60.7 Å². The maximum absolute atomic E-state index is 11.2. The predicted molar refractivity (Wildman–Crippen MR) is 86.7 cm³/mol. The molecular weight excluding hydrogens is 300 g/mol. The van der Waals surface area contributed by atoms with Crippen molar-refractivity contribution in [2.75, 3.05) is 5.32 Å². The van der Waals surface area contributed by atoms with Crippen molar-refractivity contribution >= 4 is 32.2 Å². The molecule has 0 fully saturated rings. The summed E-state index contributed by atoms with van der Waals surface area (Å²) in [6, 6.07) is 17.0. The Hall–Kier alpha value is -2.57. The van der Waals surface area contributed by atoms with E-state index in [4.69, 9.17) is 5.14 Å². The smallest absolute Gasteiger partial charge is 0.238 e. The molecule has 0 spiro atoms. The van der Waals surface area contributed by atoms with Crippen LogP contribution in [-0.4, -0.2) is 13.5 Å². The molecule has 0 aliphatic carbocycles. The summed E-state index contributed by atoms with van der Waals surface area (Å²) < 4.78 is 22.5. The highest BCUT2D eigenvalue weighted by molar-refractivity contribution is 7.89. The molecule has 0 saturated heterocycles.